The molecule has 0 aliphatic carbocycles. The zero-order valence-electron chi connectivity index (χ0n) is 11.8. The minimum absolute atomic E-state index is 0.264. The van der Waals surface area contributed by atoms with Crippen molar-refractivity contribution < 1.29 is 13.9 Å². The number of benzene rings is 2. The summed E-state index contributed by atoms with van der Waals surface area (Å²) >= 11 is 0. The molecule has 0 atom stereocenters. The van der Waals surface area contributed by atoms with Crippen molar-refractivity contribution in [1.82, 2.24) is 4.57 Å². The lowest BCUT2D eigenvalue weighted by molar-refractivity contribution is 0.0601. The molecule has 21 heavy (non-hydrogen) atoms. The van der Waals surface area contributed by atoms with Crippen molar-refractivity contribution in [3.63, 3.8) is 0 Å². The fourth-order valence-electron chi connectivity index (χ4n) is 2.54. The molecule has 3 aromatic rings. The maximum absolute atomic E-state index is 13.0. The second-order valence-electron chi connectivity index (χ2n) is 4.88. The van der Waals surface area contributed by atoms with Gasteiger partial charge in [0, 0.05) is 17.3 Å². The van der Waals surface area contributed by atoms with E-state index in [0.717, 1.165) is 22.2 Å². The van der Waals surface area contributed by atoms with Gasteiger partial charge in [0.2, 0.25) is 0 Å². The number of rotatable bonds is 2. The molecular formula is C17H14FNO2. The van der Waals surface area contributed by atoms with Gasteiger partial charge in [-0.15, -0.1) is 0 Å². The zero-order valence-corrected chi connectivity index (χ0v) is 11.8. The fourth-order valence-corrected chi connectivity index (χ4v) is 2.54. The Labute approximate surface area is 121 Å². The van der Waals surface area contributed by atoms with Crippen molar-refractivity contribution in [2.24, 2.45) is 0 Å². The Bertz CT molecular complexity index is 819. The third-order valence-electron chi connectivity index (χ3n) is 3.50. The number of halogens is 1. The van der Waals surface area contributed by atoms with Crippen molar-refractivity contribution in [3.05, 3.63) is 65.6 Å². The topological polar surface area (TPSA) is 31.2 Å². The first-order chi connectivity index (χ1) is 10.1. The second-order valence-corrected chi connectivity index (χ2v) is 4.88. The molecule has 0 fully saturated rings. The number of hydrogen-bond acceptors (Lipinski definition) is 2. The molecule has 0 unspecified atom stereocenters. The smallest absolute Gasteiger partial charge is 0.337 e. The molecular weight excluding hydrogens is 269 g/mol. The molecule has 4 heteroatoms. The van der Waals surface area contributed by atoms with Gasteiger partial charge >= 0.3 is 5.97 Å². The summed E-state index contributed by atoms with van der Waals surface area (Å²) in [7, 11) is 1.37. The van der Waals surface area contributed by atoms with Gasteiger partial charge in [-0.05, 0) is 55.0 Å². The largest absolute Gasteiger partial charge is 0.465 e. The molecule has 2 aromatic carbocycles. The van der Waals surface area contributed by atoms with Crippen LogP contribution < -0.4 is 0 Å². The number of hydrogen-bond donors (Lipinski definition) is 0. The minimum Gasteiger partial charge on any atom is -0.465 e. The van der Waals surface area contributed by atoms with Crippen LogP contribution in [0.15, 0.2) is 48.7 Å². The average molecular weight is 283 g/mol. The van der Waals surface area contributed by atoms with Gasteiger partial charge in [0.1, 0.15) is 5.82 Å². The molecule has 1 heterocycles. The van der Waals surface area contributed by atoms with Gasteiger partial charge in [-0.1, -0.05) is 0 Å². The predicted octanol–water partition coefficient (Wildman–Crippen LogP) is 3.86. The minimum atomic E-state index is -0.352. The molecule has 0 bridgehead atoms. The van der Waals surface area contributed by atoms with Crippen LogP contribution in [-0.4, -0.2) is 17.6 Å². The number of carbonyl (C=O) groups excluding carboxylic acids is 1. The Morgan fingerprint density at radius 2 is 1.86 bits per heavy atom. The number of nitrogens with zero attached hydrogens (tertiary/aromatic N) is 1. The summed E-state index contributed by atoms with van der Waals surface area (Å²) in [6.07, 6.45) is 1.91. The van der Waals surface area contributed by atoms with Crippen LogP contribution in [-0.2, 0) is 4.74 Å². The van der Waals surface area contributed by atoms with Crippen LogP contribution in [0.5, 0.6) is 0 Å². The molecule has 0 aliphatic rings. The Morgan fingerprint density at radius 3 is 2.52 bits per heavy atom. The van der Waals surface area contributed by atoms with Gasteiger partial charge in [-0.2, -0.15) is 0 Å². The van der Waals surface area contributed by atoms with Crippen LogP contribution in [0.1, 0.15) is 15.9 Å². The summed E-state index contributed by atoms with van der Waals surface area (Å²) in [6, 6.07) is 11.8. The fraction of sp³-hybridized carbons (Fsp3) is 0.118. The van der Waals surface area contributed by atoms with Crippen molar-refractivity contribution in [3.8, 4) is 5.69 Å². The van der Waals surface area contributed by atoms with Crippen LogP contribution in [0.3, 0.4) is 0 Å². The summed E-state index contributed by atoms with van der Waals surface area (Å²) < 4.78 is 19.8. The van der Waals surface area contributed by atoms with E-state index in [2.05, 4.69) is 0 Å². The van der Waals surface area contributed by atoms with Crippen LogP contribution in [0.2, 0.25) is 0 Å². The molecule has 0 aliphatic heterocycles. The summed E-state index contributed by atoms with van der Waals surface area (Å²) in [4.78, 5) is 11.7. The van der Waals surface area contributed by atoms with E-state index in [4.69, 9.17) is 4.74 Å². The van der Waals surface area contributed by atoms with E-state index < -0.39 is 0 Å². The molecule has 3 rings (SSSR count). The first-order valence-electron chi connectivity index (χ1n) is 6.56. The van der Waals surface area contributed by atoms with E-state index in [9.17, 15) is 9.18 Å². The quantitative estimate of drug-likeness (QED) is 0.669. The maximum atomic E-state index is 13.0. The average Bonchev–Trinajstić information content (AvgIpc) is 2.91. The third-order valence-corrected chi connectivity index (χ3v) is 3.50. The zero-order chi connectivity index (χ0) is 15.0. The Hall–Kier alpha value is -2.62. The van der Waals surface area contributed by atoms with E-state index >= 15 is 0 Å². The van der Waals surface area contributed by atoms with Crippen LogP contribution in [0.25, 0.3) is 16.6 Å². The molecule has 1 aromatic heterocycles. The number of ether oxygens (including phenoxy) is 1. The van der Waals surface area contributed by atoms with E-state index in [1.54, 1.807) is 24.3 Å². The lowest BCUT2D eigenvalue weighted by Crippen LogP contribution is -2.02. The molecule has 0 saturated heterocycles. The summed E-state index contributed by atoms with van der Waals surface area (Å²) in [5, 5.41) is 0.944. The van der Waals surface area contributed by atoms with Gasteiger partial charge in [0.15, 0.2) is 0 Å². The SMILES string of the molecule is COC(=O)c1cc(C)c2c(ccn2-c2ccc(F)cc2)c1. The van der Waals surface area contributed by atoms with Gasteiger partial charge in [-0.25, -0.2) is 9.18 Å². The molecule has 0 spiro atoms. The summed E-state index contributed by atoms with van der Waals surface area (Å²) in [6.45, 7) is 1.94. The number of esters is 1. The van der Waals surface area contributed by atoms with E-state index in [1.807, 2.05) is 23.8 Å². The number of carbonyl (C=O) groups is 1. The molecule has 0 amide bonds. The highest BCUT2D eigenvalue weighted by atomic mass is 19.1. The van der Waals surface area contributed by atoms with Crippen LogP contribution in [0.4, 0.5) is 4.39 Å². The molecule has 0 saturated carbocycles. The summed E-state index contributed by atoms with van der Waals surface area (Å²) in [5.41, 5.74) is 3.36. The molecule has 0 N–H and O–H groups in total. The number of fused-ring (bicyclic) bond motifs is 1. The molecule has 3 nitrogen and oxygen atoms in total. The van der Waals surface area contributed by atoms with E-state index in [0.29, 0.717) is 5.56 Å². The normalized spacial score (nSPS) is 10.8. The Morgan fingerprint density at radius 1 is 1.14 bits per heavy atom. The Kier molecular flexibility index (Phi) is 3.22. The number of aromatic nitrogens is 1. The van der Waals surface area contributed by atoms with Crippen molar-refractivity contribution in [2.45, 2.75) is 6.92 Å². The maximum Gasteiger partial charge on any atom is 0.337 e. The second kappa shape index (κ2) is 5.05. The number of aryl methyl sites for hydroxylation is 1. The van der Waals surface area contributed by atoms with E-state index in [1.165, 1.54) is 19.2 Å². The standard InChI is InChI=1S/C17H14FNO2/c1-11-9-13(17(20)21-2)10-12-7-8-19(16(11)12)15-5-3-14(18)4-6-15/h3-10H,1-2H3. The monoisotopic (exact) mass is 283 g/mol. The number of methoxy groups -OCH3 is 1. The molecule has 0 radical (unpaired) electrons. The van der Waals surface area contributed by atoms with Gasteiger partial charge in [-0.3, -0.25) is 0 Å². The van der Waals surface area contributed by atoms with Crippen molar-refractivity contribution >= 4 is 16.9 Å². The van der Waals surface area contributed by atoms with Gasteiger partial charge < -0.3 is 9.30 Å². The Balaban J connectivity index is 2.18. The van der Waals surface area contributed by atoms with Crippen LogP contribution >= 0.6 is 0 Å². The van der Waals surface area contributed by atoms with E-state index in [-0.39, 0.29) is 11.8 Å². The first kappa shape index (κ1) is 13.4. The van der Waals surface area contributed by atoms with Gasteiger partial charge in [0.05, 0.1) is 18.2 Å². The van der Waals surface area contributed by atoms with Crippen LogP contribution in [0, 0.1) is 12.7 Å². The molecule has 106 valence electrons. The predicted molar refractivity (Wildman–Crippen MR) is 79.3 cm³/mol. The van der Waals surface area contributed by atoms with Crippen molar-refractivity contribution in [1.29, 1.82) is 0 Å². The van der Waals surface area contributed by atoms with Crippen molar-refractivity contribution in [2.75, 3.05) is 7.11 Å². The lowest BCUT2D eigenvalue weighted by Gasteiger charge is -2.09. The first-order valence-corrected chi connectivity index (χ1v) is 6.56. The van der Waals surface area contributed by atoms with Gasteiger partial charge in [0.25, 0.3) is 0 Å². The highest BCUT2D eigenvalue weighted by Gasteiger charge is 2.12. The highest BCUT2D eigenvalue weighted by molar-refractivity contribution is 5.96. The highest BCUT2D eigenvalue weighted by Crippen LogP contribution is 2.25. The third kappa shape index (κ3) is 2.29. The summed E-state index contributed by atoms with van der Waals surface area (Å²) in [5.74, 6) is -0.616. The lowest BCUT2D eigenvalue weighted by atomic mass is 10.1.